The van der Waals surface area contributed by atoms with Gasteiger partial charge in [-0.05, 0) is 31.9 Å². The molecule has 1 fully saturated rings. The number of nitro benzene ring substituents is 1. The van der Waals surface area contributed by atoms with E-state index in [4.69, 9.17) is 9.47 Å². The van der Waals surface area contributed by atoms with Gasteiger partial charge in [0, 0.05) is 24.7 Å². The number of rotatable bonds is 6. The van der Waals surface area contributed by atoms with E-state index >= 15 is 0 Å². The molecule has 1 aromatic rings. The summed E-state index contributed by atoms with van der Waals surface area (Å²) in [5, 5.41) is 10.9. The van der Waals surface area contributed by atoms with Gasteiger partial charge < -0.3 is 9.47 Å². The zero-order chi connectivity index (χ0) is 15.6. The van der Waals surface area contributed by atoms with Crippen LogP contribution in [0.2, 0.25) is 0 Å². The summed E-state index contributed by atoms with van der Waals surface area (Å²) in [5.74, 6) is 0.616. The molecule has 1 aromatic carbocycles. The lowest BCUT2D eigenvalue weighted by Crippen LogP contribution is -2.52. The predicted octanol–water partition coefficient (Wildman–Crippen LogP) is 2.73. The monoisotopic (exact) mass is 293 g/mol. The summed E-state index contributed by atoms with van der Waals surface area (Å²) in [6.45, 7) is 5.92. The molecule has 0 N–H and O–H groups in total. The van der Waals surface area contributed by atoms with E-state index in [1.807, 2.05) is 6.92 Å². The van der Waals surface area contributed by atoms with Crippen molar-refractivity contribution in [2.45, 2.75) is 45.8 Å². The second-order valence-electron chi connectivity index (χ2n) is 5.28. The lowest BCUT2D eigenvalue weighted by molar-refractivity contribution is -0.385. The van der Waals surface area contributed by atoms with E-state index in [0.717, 1.165) is 6.42 Å². The number of ether oxygens (including phenoxy) is 2. The molecule has 6 heteroatoms. The van der Waals surface area contributed by atoms with Crippen LogP contribution < -0.4 is 4.74 Å². The Kier molecular flexibility index (Phi) is 4.57. The third-order valence-electron chi connectivity index (χ3n) is 3.53. The Bertz CT molecular complexity index is 569. The number of nitro groups is 1. The van der Waals surface area contributed by atoms with Crippen molar-refractivity contribution in [3.63, 3.8) is 0 Å². The Hall–Kier alpha value is -1.95. The van der Waals surface area contributed by atoms with Crippen LogP contribution in [0.1, 0.15) is 30.9 Å². The van der Waals surface area contributed by atoms with Gasteiger partial charge in [0.05, 0.1) is 4.92 Å². The topological polar surface area (TPSA) is 78.7 Å². The molecule has 0 saturated heterocycles. The second kappa shape index (κ2) is 6.22. The predicted molar refractivity (Wildman–Crippen MR) is 76.6 cm³/mol. The van der Waals surface area contributed by atoms with Gasteiger partial charge in [-0.3, -0.25) is 14.9 Å². The highest BCUT2D eigenvalue weighted by Crippen LogP contribution is 2.32. The maximum absolute atomic E-state index is 11.5. The first kappa shape index (κ1) is 15.4. The van der Waals surface area contributed by atoms with Crippen molar-refractivity contribution in [3.05, 3.63) is 33.4 Å². The molecule has 1 saturated carbocycles. The number of benzene rings is 1. The molecule has 21 heavy (non-hydrogen) atoms. The Labute approximate surface area is 123 Å². The number of nitrogens with zero attached hydrogens (tertiary/aromatic N) is 1. The zero-order valence-corrected chi connectivity index (χ0v) is 12.4. The number of hydrogen-bond donors (Lipinski definition) is 0. The maximum Gasteiger partial charge on any atom is 0.272 e. The molecular weight excluding hydrogens is 274 g/mol. The molecule has 0 bridgehead atoms. The van der Waals surface area contributed by atoms with E-state index in [0.29, 0.717) is 29.9 Å². The van der Waals surface area contributed by atoms with E-state index in [9.17, 15) is 14.9 Å². The summed E-state index contributed by atoms with van der Waals surface area (Å²) in [7, 11) is 0. The van der Waals surface area contributed by atoms with Crippen LogP contribution >= 0.6 is 0 Å². The largest absolute Gasteiger partial charge is 0.486 e. The normalized spacial score (nSPS) is 21.0. The molecule has 6 nitrogen and oxygen atoms in total. The Balaban J connectivity index is 2.11. The first-order chi connectivity index (χ1) is 9.93. The van der Waals surface area contributed by atoms with Gasteiger partial charge in [-0.1, -0.05) is 6.92 Å². The third kappa shape index (κ3) is 3.21. The Morgan fingerprint density at radius 2 is 2.05 bits per heavy atom. The van der Waals surface area contributed by atoms with Gasteiger partial charge in [0.15, 0.2) is 11.9 Å². The van der Waals surface area contributed by atoms with Gasteiger partial charge in [0.2, 0.25) is 0 Å². The molecule has 0 amide bonds. The minimum atomic E-state index is -0.514. The van der Waals surface area contributed by atoms with Crippen LogP contribution in [-0.4, -0.2) is 29.5 Å². The highest BCUT2D eigenvalue weighted by atomic mass is 16.6. The first-order valence-electron chi connectivity index (χ1n) is 7.00. The van der Waals surface area contributed by atoms with Crippen molar-refractivity contribution in [2.24, 2.45) is 0 Å². The minimum Gasteiger partial charge on any atom is -0.486 e. The number of aryl methyl sites for hydroxylation is 2. The molecule has 114 valence electrons. The lowest BCUT2D eigenvalue weighted by Gasteiger charge is -2.35. The van der Waals surface area contributed by atoms with Crippen molar-refractivity contribution < 1.29 is 19.2 Å². The average Bonchev–Trinajstić information content (AvgIpc) is 2.41. The number of hydrogen-bond acceptors (Lipinski definition) is 5. The molecule has 0 spiro atoms. The van der Waals surface area contributed by atoms with E-state index in [1.165, 1.54) is 6.07 Å². The van der Waals surface area contributed by atoms with E-state index in [1.54, 1.807) is 19.9 Å². The van der Waals surface area contributed by atoms with Crippen molar-refractivity contribution in [1.82, 2.24) is 0 Å². The fourth-order valence-electron chi connectivity index (χ4n) is 2.28. The summed E-state index contributed by atoms with van der Waals surface area (Å²) < 4.78 is 11.3. The molecule has 2 unspecified atom stereocenters. The standard InChI is InChI=1S/C15H19NO5/c1-4-5-20-15-12(17)8-14(15)21-13-7-9(2)11(16(18)19)6-10(13)3/h6-7,14-15H,4-5,8H2,1-3H3. The van der Waals surface area contributed by atoms with Crippen LogP contribution in [0.15, 0.2) is 12.1 Å². The molecule has 0 radical (unpaired) electrons. The van der Waals surface area contributed by atoms with Crippen LogP contribution in [0.25, 0.3) is 0 Å². The smallest absolute Gasteiger partial charge is 0.272 e. The molecule has 1 aliphatic carbocycles. The molecule has 2 rings (SSSR count). The average molecular weight is 293 g/mol. The van der Waals surface area contributed by atoms with E-state index in [-0.39, 0.29) is 17.6 Å². The summed E-state index contributed by atoms with van der Waals surface area (Å²) in [6.07, 6.45) is 0.346. The highest BCUT2D eigenvalue weighted by molar-refractivity contribution is 5.90. The van der Waals surface area contributed by atoms with E-state index in [2.05, 4.69) is 0 Å². The van der Waals surface area contributed by atoms with E-state index < -0.39 is 11.0 Å². The number of carbonyl (C=O) groups is 1. The van der Waals surface area contributed by atoms with Gasteiger partial charge in [-0.2, -0.15) is 0 Å². The SMILES string of the molecule is CCCOC1C(=O)CC1Oc1cc(C)c([N+](=O)[O-])cc1C. The number of carbonyl (C=O) groups excluding carboxylic acids is 1. The van der Waals surface area contributed by atoms with Gasteiger partial charge in [-0.15, -0.1) is 0 Å². The molecule has 1 aliphatic rings. The summed E-state index contributed by atoms with van der Waals surface area (Å²) in [5.41, 5.74) is 1.29. The first-order valence-corrected chi connectivity index (χ1v) is 7.00. The Morgan fingerprint density at radius 3 is 2.62 bits per heavy atom. The fourth-order valence-corrected chi connectivity index (χ4v) is 2.28. The van der Waals surface area contributed by atoms with Crippen LogP contribution in [0.5, 0.6) is 5.75 Å². The van der Waals surface area contributed by atoms with Crippen molar-refractivity contribution in [1.29, 1.82) is 0 Å². The molecular formula is C15H19NO5. The van der Waals surface area contributed by atoms with Crippen LogP contribution in [0.4, 0.5) is 5.69 Å². The fraction of sp³-hybridized carbons (Fsp3) is 0.533. The molecule has 0 aliphatic heterocycles. The molecule has 2 atom stereocenters. The van der Waals surface area contributed by atoms with Gasteiger partial charge >= 0.3 is 0 Å². The summed E-state index contributed by atoms with van der Waals surface area (Å²) in [4.78, 5) is 22.0. The maximum atomic E-state index is 11.5. The molecule has 0 heterocycles. The van der Waals surface area contributed by atoms with Crippen LogP contribution in [-0.2, 0) is 9.53 Å². The summed E-state index contributed by atoms with van der Waals surface area (Å²) in [6, 6.07) is 3.14. The van der Waals surface area contributed by atoms with Crippen LogP contribution in [0.3, 0.4) is 0 Å². The molecule has 0 aromatic heterocycles. The lowest BCUT2D eigenvalue weighted by atomic mass is 9.89. The second-order valence-corrected chi connectivity index (χ2v) is 5.28. The number of Topliss-reactive ketones (excluding diaryl/α,β-unsaturated/α-hetero) is 1. The van der Waals surface area contributed by atoms with Crippen LogP contribution in [0, 0.1) is 24.0 Å². The summed E-state index contributed by atoms with van der Waals surface area (Å²) >= 11 is 0. The van der Waals surface area contributed by atoms with Gasteiger partial charge in [-0.25, -0.2) is 0 Å². The van der Waals surface area contributed by atoms with Crippen molar-refractivity contribution in [3.8, 4) is 5.75 Å². The highest BCUT2D eigenvalue weighted by Gasteiger charge is 2.42. The minimum absolute atomic E-state index is 0.0461. The van der Waals surface area contributed by atoms with Gasteiger partial charge in [0.25, 0.3) is 5.69 Å². The van der Waals surface area contributed by atoms with Crippen molar-refractivity contribution in [2.75, 3.05) is 6.61 Å². The quantitative estimate of drug-likeness (QED) is 0.595. The number of ketones is 1. The Morgan fingerprint density at radius 1 is 1.33 bits per heavy atom. The zero-order valence-electron chi connectivity index (χ0n) is 12.4. The third-order valence-corrected chi connectivity index (χ3v) is 3.53. The van der Waals surface area contributed by atoms with Gasteiger partial charge in [0.1, 0.15) is 11.9 Å². The van der Waals surface area contributed by atoms with Crippen molar-refractivity contribution >= 4 is 11.5 Å².